The largest absolute Gasteiger partial charge is 0.345 e. The van der Waals surface area contributed by atoms with E-state index in [4.69, 9.17) is 5.10 Å². The summed E-state index contributed by atoms with van der Waals surface area (Å²) in [6, 6.07) is 14.3. The van der Waals surface area contributed by atoms with Gasteiger partial charge >= 0.3 is 11.8 Å². The lowest BCUT2D eigenvalue weighted by molar-refractivity contribution is -0.148. The standard InChI is InChI=1S/C26H27N5O3S/c32-23(29-12-14-30(15-13-29)26(34)25(33)27-21-9-10-21)11-8-20-18-31(17-19-5-2-1-3-6-19)28-24(20)22-7-4-16-35-22/h1-8,11,16,18,21H,9-10,12-15,17H2,(H,27,33). The highest BCUT2D eigenvalue weighted by Gasteiger charge is 2.31. The molecule has 5 rings (SSSR count). The van der Waals surface area contributed by atoms with Crippen molar-refractivity contribution in [1.29, 1.82) is 0 Å². The second-order valence-corrected chi connectivity index (χ2v) is 9.74. The minimum atomic E-state index is -0.541. The van der Waals surface area contributed by atoms with Crippen molar-refractivity contribution in [1.82, 2.24) is 24.9 Å². The van der Waals surface area contributed by atoms with Gasteiger partial charge in [0.2, 0.25) is 5.91 Å². The molecule has 0 atom stereocenters. The lowest BCUT2D eigenvalue weighted by atomic mass is 10.2. The number of nitrogens with zero attached hydrogens (tertiary/aromatic N) is 4. The van der Waals surface area contributed by atoms with Gasteiger partial charge < -0.3 is 15.1 Å². The molecule has 2 fully saturated rings. The first-order valence-electron chi connectivity index (χ1n) is 11.8. The van der Waals surface area contributed by atoms with E-state index in [1.165, 1.54) is 4.90 Å². The summed E-state index contributed by atoms with van der Waals surface area (Å²) in [5.74, 6) is -1.17. The van der Waals surface area contributed by atoms with Crippen LogP contribution in [0.15, 0.2) is 60.1 Å². The number of rotatable bonds is 6. The molecule has 8 nitrogen and oxygen atoms in total. The molecule has 1 aliphatic heterocycles. The van der Waals surface area contributed by atoms with E-state index in [1.54, 1.807) is 22.3 Å². The number of aromatic nitrogens is 2. The molecule has 1 saturated carbocycles. The Bertz CT molecular complexity index is 1220. The molecule has 35 heavy (non-hydrogen) atoms. The van der Waals surface area contributed by atoms with Crippen molar-refractivity contribution in [3.63, 3.8) is 0 Å². The first-order chi connectivity index (χ1) is 17.1. The molecular formula is C26H27N5O3S. The molecule has 1 aromatic carbocycles. The fraction of sp³-hybridized carbons (Fsp3) is 0.308. The van der Waals surface area contributed by atoms with Crippen LogP contribution in [0.4, 0.5) is 0 Å². The average Bonchev–Trinajstić information content (AvgIpc) is 3.36. The van der Waals surface area contributed by atoms with Gasteiger partial charge in [-0.15, -0.1) is 11.3 Å². The maximum Gasteiger partial charge on any atom is 0.312 e. The Kier molecular flexibility index (Phi) is 6.76. The van der Waals surface area contributed by atoms with Crippen LogP contribution in [0.5, 0.6) is 0 Å². The van der Waals surface area contributed by atoms with Crippen LogP contribution in [-0.2, 0) is 20.9 Å². The smallest absolute Gasteiger partial charge is 0.312 e. The van der Waals surface area contributed by atoms with E-state index < -0.39 is 11.8 Å². The van der Waals surface area contributed by atoms with E-state index >= 15 is 0 Å². The zero-order valence-corrected chi connectivity index (χ0v) is 20.1. The van der Waals surface area contributed by atoms with Gasteiger partial charge in [-0.25, -0.2) is 0 Å². The first-order valence-corrected chi connectivity index (χ1v) is 12.7. The fourth-order valence-electron chi connectivity index (χ4n) is 4.03. The van der Waals surface area contributed by atoms with E-state index in [1.807, 2.05) is 52.7 Å². The van der Waals surface area contributed by atoms with Crippen LogP contribution in [0.3, 0.4) is 0 Å². The zero-order valence-electron chi connectivity index (χ0n) is 19.3. The number of carbonyl (C=O) groups is 3. The maximum absolute atomic E-state index is 12.9. The number of benzene rings is 1. The van der Waals surface area contributed by atoms with Crippen LogP contribution in [0.2, 0.25) is 0 Å². The van der Waals surface area contributed by atoms with E-state index in [9.17, 15) is 14.4 Å². The third-order valence-electron chi connectivity index (χ3n) is 6.12. The normalized spacial score (nSPS) is 16.0. The minimum absolute atomic E-state index is 0.118. The van der Waals surface area contributed by atoms with Gasteiger partial charge in [0.05, 0.1) is 11.4 Å². The third kappa shape index (κ3) is 5.68. The number of carbonyl (C=O) groups excluding carboxylic acids is 3. The van der Waals surface area contributed by atoms with Gasteiger partial charge in [-0.05, 0) is 35.9 Å². The summed E-state index contributed by atoms with van der Waals surface area (Å²) < 4.78 is 1.89. The first kappa shape index (κ1) is 23.0. The zero-order chi connectivity index (χ0) is 24.2. The van der Waals surface area contributed by atoms with Crippen LogP contribution >= 0.6 is 11.3 Å². The van der Waals surface area contributed by atoms with Crippen molar-refractivity contribution >= 4 is 35.1 Å². The van der Waals surface area contributed by atoms with Crippen molar-refractivity contribution < 1.29 is 14.4 Å². The Balaban J connectivity index is 1.23. The average molecular weight is 490 g/mol. The van der Waals surface area contributed by atoms with Crippen LogP contribution < -0.4 is 5.32 Å². The summed E-state index contributed by atoms with van der Waals surface area (Å²) in [6.07, 6.45) is 7.21. The molecule has 0 bridgehead atoms. The van der Waals surface area contributed by atoms with Crippen LogP contribution in [0.25, 0.3) is 16.6 Å². The Morgan fingerprint density at radius 2 is 1.74 bits per heavy atom. The highest BCUT2D eigenvalue weighted by molar-refractivity contribution is 7.13. The van der Waals surface area contributed by atoms with Crippen LogP contribution in [0, 0.1) is 0 Å². The van der Waals surface area contributed by atoms with Gasteiger partial charge in [-0.2, -0.15) is 5.10 Å². The number of thiophene rings is 1. The SMILES string of the molecule is O=C(NC1CC1)C(=O)N1CCN(C(=O)C=Cc2cn(Cc3ccccc3)nc2-c2cccs2)CC1. The van der Waals surface area contributed by atoms with E-state index in [-0.39, 0.29) is 11.9 Å². The van der Waals surface area contributed by atoms with Crippen molar-refractivity contribution in [3.8, 4) is 10.6 Å². The minimum Gasteiger partial charge on any atom is -0.345 e. The molecule has 0 spiro atoms. The molecule has 0 unspecified atom stereocenters. The molecule has 1 aliphatic carbocycles. The van der Waals surface area contributed by atoms with Crippen LogP contribution in [0.1, 0.15) is 24.0 Å². The Morgan fingerprint density at radius 3 is 2.43 bits per heavy atom. The number of nitrogens with one attached hydrogen (secondary N) is 1. The molecule has 3 heterocycles. The van der Waals surface area contributed by atoms with E-state index in [0.29, 0.717) is 32.7 Å². The maximum atomic E-state index is 12.9. The fourth-order valence-corrected chi connectivity index (χ4v) is 4.76. The second-order valence-electron chi connectivity index (χ2n) is 8.79. The van der Waals surface area contributed by atoms with E-state index in [2.05, 4.69) is 17.4 Å². The number of amides is 3. The Morgan fingerprint density at radius 1 is 1.00 bits per heavy atom. The molecule has 9 heteroatoms. The van der Waals surface area contributed by atoms with Crippen molar-refractivity contribution in [2.75, 3.05) is 26.2 Å². The molecule has 1 N–H and O–H groups in total. The summed E-state index contributed by atoms with van der Waals surface area (Å²) >= 11 is 1.61. The summed E-state index contributed by atoms with van der Waals surface area (Å²) in [5, 5.41) is 9.52. The highest BCUT2D eigenvalue weighted by Crippen LogP contribution is 2.28. The summed E-state index contributed by atoms with van der Waals surface area (Å²) in [7, 11) is 0. The summed E-state index contributed by atoms with van der Waals surface area (Å²) in [5.41, 5.74) is 2.87. The summed E-state index contributed by atoms with van der Waals surface area (Å²) in [6.45, 7) is 2.15. The van der Waals surface area contributed by atoms with Crippen molar-refractivity contribution in [2.24, 2.45) is 0 Å². The topological polar surface area (TPSA) is 87.5 Å². The molecule has 3 aromatic rings. The number of hydrogen-bond acceptors (Lipinski definition) is 5. The quantitative estimate of drug-likeness (QED) is 0.426. The van der Waals surface area contributed by atoms with Crippen molar-refractivity contribution in [2.45, 2.75) is 25.4 Å². The molecule has 0 radical (unpaired) electrons. The summed E-state index contributed by atoms with van der Waals surface area (Å²) in [4.78, 5) is 41.5. The monoisotopic (exact) mass is 489 g/mol. The molecule has 3 amide bonds. The Hall–Kier alpha value is -3.72. The third-order valence-corrected chi connectivity index (χ3v) is 7.00. The van der Waals surface area contributed by atoms with Gasteiger partial charge in [0.25, 0.3) is 0 Å². The predicted octanol–water partition coefficient (Wildman–Crippen LogP) is 2.62. The molecule has 1 saturated heterocycles. The van der Waals surface area contributed by atoms with Gasteiger partial charge in [0, 0.05) is 50.1 Å². The van der Waals surface area contributed by atoms with E-state index in [0.717, 1.165) is 34.5 Å². The van der Waals surface area contributed by atoms with Crippen molar-refractivity contribution in [3.05, 3.63) is 71.2 Å². The number of hydrogen-bond donors (Lipinski definition) is 1. The van der Waals surface area contributed by atoms with Gasteiger partial charge in [0.1, 0.15) is 5.69 Å². The number of piperazine rings is 1. The lowest BCUT2D eigenvalue weighted by Gasteiger charge is -2.33. The predicted molar refractivity (Wildman–Crippen MR) is 134 cm³/mol. The molecule has 2 aromatic heterocycles. The molecular weight excluding hydrogens is 462 g/mol. The lowest BCUT2D eigenvalue weighted by Crippen LogP contribution is -2.53. The molecule has 180 valence electrons. The van der Waals surface area contributed by atoms with Gasteiger partial charge in [0.15, 0.2) is 0 Å². The molecule has 2 aliphatic rings. The second kappa shape index (κ2) is 10.3. The Labute approximate surface area is 207 Å². The van der Waals surface area contributed by atoms with Crippen LogP contribution in [-0.4, -0.2) is 69.5 Å². The van der Waals surface area contributed by atoms with Gasteiger partial charge in [-0.3, -0.25) is 19.1 Å². The highest BCUT2D eigenvalue weighted by atomic mass is 32.1. The van der Waals surface area contributed by atoms with Gasteiger partial charge in [-0.1, -0.05) is 36.4 Å².